The van der Waals surface area contributed by atoms with E-state index in [1.54, 1.807) is 4.90 Å². The first-order valence-electron chi connectivity index (χ1n) is 9.74. The second-order valence-corrected chi connectivity index (χ2v) is 7.09. The lowest BCUT2D eigenvalue weighted by Gasteiger charge is -2.25. The van der Waals surface area contributed by atoms with Crippen LogP contribution in [0.3, 0.4) is 0 Å². The maximum atomic E-state index is 12.7. The fourth-order valence-electron chi connectivity index (χ4n) is 3.07. The summed E-state index contributed by atoms with van der Waals surface area (Å²) in [4.78, 5) is 16.9. The standard InChI is InChI=1S/C23H32N2O2/c1-6-25(18(3)4)17-20-8-12-21(13-9-20)23(26)24(5)16-19-10-14-22(15-11-19)27-7-2/h8-15,18H,6-7,16-17H2,1-5H3. The van der Waals surface area contributed by atoms with Crippen LogP contribution in [0, 0.1) is 0 Å². The Morgan fingerprint density at radius 3 is 2.00 bits per heavy atom. The summed E-state index contributed by atoms with van der Waals surface area (Å²) < 4.78 is 5.46. The van der Waals surface area contributed by atoms with Gasteiger partial charge in [-0.3, -0.25) is 9.69 Å². The SMILES string of the molecule is CCOc1ccc(CN(C)C(=O)c2ccc(CN(CC)C(C)C)cc2)cc1. The summed E-state index contributed by atoms with van der Waals surface area (Å²) in [6.07, 6.45) is 0. The first-order valence-corrected chi connectivity index (χ1v) is 9.74. The minimum absolute atomic E-state index is 0.0339. The molecule has 0 aromatic heterocycles. The summed E-state index contributed by atoms with van der Waals surface area (Å²) in [6.45, 7) is 11.7. The van der Waals surface area contributed by atoms with Gasteiger partial charge in [0.2, 0.25) is 0 Å². The maximum absolute atomic E-state index is 12.7. The highest BCUT2D eigenvalue weighted by atomic mass is 16.5. The normalized spacial score (nSPS) is 11.1. The van der Waals surface area contributed by atoms with Gasteiger partial charge in [-0.05, 0) is 62.7 Å². The molecular formula is C23H32N2O2. The molecule has 2 rings (SSSR count). The number of rotatable bonds is 9. The zero-order valence-electron chi connectivity index (χ0n) is 17.2. The monoisotopic (exact) mass is 368 g/mol. The Hall–Kier alpha value is -2.33. The first-order chi connectivity index (χ1) is 12.9. The topological polar surface area (TPSA) is 32.8 Å². The summed E-state index contributed by atoms with van der Waals surface area (Å²) in [7, 11) is 1.84. The maximum Gasteiger partial charge on any atom is 0.253 e. The van der Waals surface area contributed by atoms with E-state index in [9.17, 15) is 4.79 Å². The fourth-order valence-corrected chi connectivity index (χ4v) is 3.07. The minimum atomic E-state index is 0.0339. The molecule has 0 N–H and O–H groups in total. The molecule has 2 aromatic rings. The lowest BCUT2D eigenvalue weighted by atomic mass is 10.1. The van der Waals surface area contributed by atoms with Gasteiger partial charge in [0.15, 0.2) is 0 Å². The van der Waals surface area contributed by atoms with Gasteiger partial charge in [-0.1, -0.05) is 31.2 Å². The minimum Gasteiger partial charge on any atom is -0.494 e. The van der Waals surface area contributed by atoms with Gasteiger partial charge in [-0.2, -0.15) is 0 Å². The molecule has 4 nitrogen and oxygen atoms in total. The van der Waals surface area contributed by atoms with E-state index < -0.39 is 0 Å². The van der Waals surface area contributed by atoms with Crippen molar-refractivity contribution < 1.29 is 9.53 Å². The van der Waals surface area contributed by atoms with Crippen molar-refractivity contribution in [3.8, 4) is 5.75 Å². The van der Waals surface area contributed by atoms with Crippen LogP contribution in [-0.2, 0) is 13.1 Å². The van der Waals surface area contributed by atoms with Gasteiger partial charge in [-0.25, -0.2) is 0 Å². The number of benzene rings is 2. The van der Waals surface area contributed by atoms with Gasteiger partial charge in [-0.15, -0.1) is 0 Å². The van der Waals surface area contributed by atoms with Crippen molar-refractivity contribution in [1.82, 2.24) is 9.80 Å². The summed E-state index contributed by atoms with van der Waals surface area (Å²) in [6, 6.07) is 16.4. The first kappa shape index (κ1) is 21.0. The molecule has 0 heterocycles. The molecule has 0 aliphatic heterocycles. The third-order valence-electron chi connectivity index (χ3n) is 4.72. The highest BCUT2D eigenvalue weighted by molar-refractivity contribution is 5.94. The van der Waals surface area contributed by atoms with Crippen LogP contribution in [0.1, 0.15) is 49.2 Å². The quantitative estimate of drug-likeness (QED) is 0.649. The Kier molecular flexibility index (Phi) is 7.86. The molecule has 0 bridgehead atoms. The van der Waals surface area contributed by atoms with Crippen molar-refractivity contribution in [3.63, 3.8) is 0 Å². The molecule has 0 fully saturated rings. The van der Waals surface area contributed by atoms with E-state index in [2.05, 4.69) is 37.8 Å². The Bertz CT molecular complexity index is 708. The van der Waals surface area contributed by atoms with E-state index in [4.69, 9.17) is 4.74 Å². The average Bonchev–Trinajstić information content (AvgIpc) is 2.67. The second kappa shape index (κ2) is 10.1. The van der Waals surface area contributed by atoms with Gasteiger partial charge >= 0.3 is 0 Å². The van der Waals surface area contributed by atoms with E-state index in [1.807, 2.05) is 50.4 Å². The number of amides is 1. The number of hydrogen-bond acceptors (Lipinski definition) is 3. The number of carbonyl (C=O) groups excluding carboxylic acids is 1. The molecule has 2 aromatic carbocycles. The van der Waals surface area contributed by atoms with Crippen molar-refractivity contribution in [2.75, 3.05) is 20.2 Å². The summed E-state index contributed by atoms with van der Waals surface area (Å²) >= 11 is 0. The van der Waals surface area contributed by atoms with Crippen LogP contribution in [-0.4, -0.2) is 41.9 Å². The van der Waals surface area contributed by atoms with E-state index in [1.165, 1.54) is 5.56 Å². The van der Waals surface area contributed by atoms with Crippen molar-refractivity contribution in [2.45, 2.75) is 46.8 Å². The Labute approximate surface area is 163 Å². The summed E-state index contributed by atoms with van der Waals surface area (Å²) in [5.41, 5.74) is 3.04. The number of hydrogen-bond donors (Lipinski definition) is 0. The van der Waals surface area contributed by atoms with Crippen LogP contribution in [0.15, 0.2) is 48.5 Å². The Morgan fingerprint density at radius 2 is 1.48 bits per heavy atom. The molecule has 0 unspecified atom stereocenters. The molecule has 0 radical (unpaired) electrons. The molecule has 0 saturated carbocycles. The van der Waals surface area contributed by atoms with Gasteiger partial charge < -0.3 is 9.64 Å². The second-order valence-electron chi connectivity index (χ2n) is 7.09. The third kappa shape index (κ3) is 6.10. The molecule has 4 heteroatoms. The zero-order chi connectivity index (χ0) is 19.8. The Morgan fingerprint density at radius 1 is 0.926 bits per heavy atom. The van der Waals surface area contributed by atoms with Crippen molar-refractivity contribution in [1.29, 1.82) is 0 Å². The predicted molar refractivity (Wildman–Crippen MR) is 111 cm³/mol. The van der Waals surface area contributed by atoms with E-state index in [0.29, 0.717) is 19.2 Å². The molecule has 146 valence electrons. The van der Waals surface area contributed by atoms with Crippen molar-refractivity contribution in [3.05, 3.63) is 65.2 Å². The molecule has 0 aliphatic carbocycles. The van der Waals surface area contributed by atoms with Gasteiger partial charge in [0.05, 0.1) is 6.61 Å². The highest BCUT2D eigenvalue weighted by Crippen LogP contribution is 2.15. The van der Waals surface area contributed by atoms with Gasteiger partial charge in [0.25, 0.3) is 5.91 Å². The predicted octanol–water partition coefficient (Wildman–Crippen LogP) is 4.59. The Balaban J connectivity index is 1.97. The third-order valence-corrected chi connectivity index (χ3v) is 4.72. The van der Waals surface area contributed by atoms with Crippen LogP contribution in [0.25, 0.3) is 0 Å². The fraction of sp³-hybridized carbons (Fsp3) is 0.435. The van der Waals surface area contributed by atoms with E-state index in [-0.39, 0.29) is 5.91 Å². The van der Waals surface area contributed by atoms with Crippen LogP contribution < -0.4 is 4.74 Å². The number of carbonyl (C=O) groups is 1. The zero-order valence-corrected chi connectivity index (χ0v) is 17.2. The van der Waals surface area contributed by atoms with Crippen molar-refractivity contribution in [2.24, 2.45) is 0 Å². The molecule has 0 saturated heterocycles. The number of nitrogens with zero attached hydrogens (tertiary/aromatic N) is 2. The lowest BCUT2D eigenvalue weighted by molar-refractivity contribution is 0.0785. The van der Waals surface area contributed by atoms with Gasteiger partial charge in [0, 0.05) is 31.7 Å². The van der Waals surface area contributed by atoms with Crippen LogP contribution in [0.4, 0.5) is 0 Å². The van der Waals surface area contributed by atoms with Crippen LogP contribution >= 0.6 is 0 Å². The molecule has 0 aliphatic rings. The lowest BCUT2D eigenvalue weighted by Crippen LogP contribution is -2.30. The highest BCUT2D eigenvalue weighted by Gasteiger charge is 2.13. The summed E-state index contributed by atoms with van der Waals surface area (Å²) in [5, 5.41) is 0. The number of ether oxygens (including phenoxy) is 1. The van der Waals surface area contributed by atoms with Crippen LogP contribution in [0.5, 0.6) is 5.75 Å². The smallest absolute Gasteiger partial charge is 0.253 e. The van der Waals surface area contributed by atoms with E-state index >= 15 is 0 Å². The molecule has 0 spiro atoms. The molecule has 0 atom stereocenters. The van der Waals surface area contributed by atoms with Gasteiger partial charge in [0.1, 0.15) is 5.75 Å². The summed E-state index contributed by atoms with van der Waals surface area (Å²) in [5.74, 6) is 0.889. The van der Waals surface area contributed by atoms with Crippen LogP contribution in [0.2, 0.25) is 0 Å². The molecule has 27 heavy (non-hydrogen) atoms. The molecular weight excluding hydrogens is 336 g/mol. The van der Waals surface area contributed by atoms with E-state index in [0.717, 1.165) is 30.0 Å². The van der Waals surface area contributed by atoms with Crippen molar-refractivity contribution >= 4 is 5.91 Å². The molecule has 1 amide bonds. The average molecular weight is 369 g/mol. The largest absolute Gasteiger partial charge is 0.494 e.